The predicted octanol–water partition coefficient (Wildman–Crippen LogP) is 3.49. The van der Waals surface area contributed by atoms with Gasteiger partial charge in [-0.15, -0.1) is 11.3 Å². The highest BCUT2D eigenvalue weighted by molar-refractivity contribution is 7.14. The first kappa shape index (κ1) is 14.8. The van der Waals surface area contributed by atoms with Crippen LogP contribution in [0.15, 0.2) is 36.4 Å². The summed E-state index contributed by atoms with van der Waals surface area (Å²) in [6.45, 7) is 2.90. The van der Waals surface area contributed by atoms with E-state index in [4.69, 9.17) is 0 Å². The van der Waals surface area contributed by atoms with Crippen LogP contribution in [0.5, 0.6) is 0 Å². The molecule has 23 heavy (non-hydrogen) atoms. The molecule has 2 aliphatic rings. The summed E-state index contributed by atoms with van der Waals surface area (Å²) < 4.78 is 0. The SMILES string of the molecule is O=C(NC[C@H]1CCN(c2ccccc2)C1)c1cc2c(s1)CCC2. The van der Waals surface area contributed by atoms with E-state index in [1.165, 1.54) is 22.5 Å². The van der Waals surface area contributed by atoms with Gasteiger partial charge in [0.2, 0.25) is 0 Å². The minimum Gasteiger partial charge on any atom is -0.371 e. The number of thiophene rings is 1. The number of anilines is 1. The van der Waals surface area contributed by atoms with Crippen LogP contribution in [0.4, 0.5) is 5.69 Å². The van der Waals surface area contributed by atoms with E-state index < -0.39 is 0 Å². The van der Waals surface area contributed by atoms with Gasteiger partial charge in [0.05, 0.1) is 4.88 Å². The van der Waals surface area contributed by atoms with Gasteiger partial charge in [0, 0.05) is 30.2 Å². The summed E-state index contributed by atoms with van der Waals surface area (Å²) in [6.07, 6.45) is 4.70. The number of fused-ring (bicyclic) bond motifs is 1. The Balaban J connectivity index is 1.30. The van der Waals surface area contributed by atoms with E-state index in [1.54, 1.807) is 11.3 Å². The molecule has 1 fully saturated rings. The van der Waals surface area contributed by atoms with Gasteiger partial charge in [-0.2, -0.15) is 0 Å². The van der Waals surface area contributed by atoms with Crippen molar-refractivity contribution < 1.29 is 4.79 Å². The number of hydrogen-bond donors (Lipinski definition) is 1. The Kier molecular flexibility index (Phi) is 4.08. The standard InChI is InChI=1S/C19H22N2OS/c22-19(18-11-15-5-4-8-17(15)23-18)20-12-14-9-10-21(13-14)16-6-2-1-3-7-16/h1-3,6-7,11,14H,4-5,8-10,12-13H2,(H,20,22)/t14-/m1/s1. The molecule has 1 aliphatic carbocycles. The molecule has 1 aliphatic heterocycles. The fourth-order valence-electron chi connectivity index (χ4n) is 3.64. The summed E-state index contributed by atoms with van der Waals surface area (Å²) in [6, 6.07) is 12.6. The fourth-order valence-corrected chi connectivity index (χ4v) is 4.81. The third-order valence-electron chi connectivity index (χ3n) is 4.93. The van der Waals surface area contributed by atoms with Gasteiger partial charge in [0.15, 0.2) is 0 Å². The molecule has 0 saturated carbocycles. The van der Waals surface area contributed by atoms with Gasteiger partial charge in [-0.05, 0) is 55.4 Å². The van der Waals surface area contributed by atoms with E-state index in [1.807, 2.05) is 0 Å². The first-order chi connectivity index (χ1) is 11.3. The largest absolute Gasteiger partial charge is 0.371 e. The lowest BCUT2D eigenvalue weighted by atomic mass is 10.1. The van der Waals surface area contributed by atoms with Crippen LogP contribution >= 0.6 is 11.3 Å². The van der Waals surface area contributed by atoms with E-state index >= 15 is 0 Å². The average Bonchev–Trinajstić information content (AvgIpc) is 3.29. The zero-order valence-corrected chi connectivity index (χ0v) is 14.1. The molecule has 2 aromatic rings. The Hall–Kier alpha value is -1.81. The van der Waals surface area contributed by atoms with Gasteiger partial charge in [0.25, 0.3) is 5.91 Å². The number of nitrogens with zero attached hydrogens (tertiary/aromatic N) is 1. The second-order valence-corrected chi connectivity index (χ2v) is 7.70. The number of nitrogens with one attached hydrogen (secondary N) is 1. The normalized spacial score (nSPS) is 19.8. The van der Waals surface area contributed by atoms with Crippen molar-refractivity contribution in [2.24, 2.45) is 5.92 Å². The van der Waals surface area contributed by atoms with Crippen molar-refractivity contribution in [2.45, 2.75) is 25.7 Å². The Morgan fingerprint density at radius 3 is 2.96 bits per heavy atom. The Morgan fingerprint density at radius 2 is 2.13 bits per heavy atom. The predicted molar refractivity (Wildman–Crippen MR) is 95.4 cm³/mol. The van der Waals surface area contributed by atoms with Crippen LogP contribution < -0.4 is 10.2 Å². The number of carbonyl (C=O) groups is 1. The highest BCUT2D eigenvalue weighted by Gasteiger charge is 2.24. The summed E-state index contributed by atoms with van der Waals surface area (Å²) >= 11 is 1.69. The maximum absolute atomic E-state index is 12.3. The molecule has 1 N–H and O–H groups in total. The molecule has 0 radical (unpaired) electrons. The molecule has 4 heteroatoms. The number of benzene rings is 1. The maximum atomic E-state index is 12.3. The van der Waals surface area contributed by atoms with Crippen molar-refractivity contribution in [3.05, 3.63) is 51.7 Å². The molecule has 1 amide bonds. The van der Waals surface area contributed by atoms with Crippen LogP contribution in [-0.4, -0.2) is 25.5 Å². The third kappa shape index (κ3) is 3.13. The van der Waals surface area contributed by atoms with E-state index in [9.17, 15) is 4.79 Å². The van der Waals surface area contributed by atoms with Crippen molar-refractivity contribution in [1.82, 2.24) is 5.32 Å². The zero-order chi connectivity index (χ0) is 15.6. The molecule has 0 bridgehead atoms. The van der Waals surface area contributed by atoms with E-state index in [0.717, 1.165) is 43.8 Å². The molecule has 1 saturated heterocycles. The Morgan fingerprint density at radius 1 is 1.26 bits per heavy atom. The molecule has 4 rings (SSSR count). The molecule has 1 aromatic heterocycles. The first-order valence-corrected chi connectivity index (χ1v) is 9.31. The van der Waals surface area contributed by atoms with Gasteiger partial charge < -0.3 is 10.2 Å². The quantitative estimate of drug-likeness (QED) is 0.933. The van der Waals surface area contributed by atoms with E-state index in [0.29, 0.717) is 5.92 Å². The van der Waals surface area contributed by atoms with Gasteiger partial charge >= 0.3 is 0 Å². The topological polar surface area (TPSA) is 32.3 Å². The second-order valence-electron chi connectivity index (χ2n) is 6.56. The zero-order valence-electron chi connectivity index (χ0n) is 13.3. The lowest BCUT2D eigenvalue weighted by Crippen LogP contribution is -2.30. The van der Waals surface area contributed by atoms with Crippen molar-refractivity contribution in [2.75, 3.05) is 24.5 Å². The number of hydrogen-bond acceptors (Lipinski definition) is 3. The summed E-state index contributed by atoms with van der Waals surface area (Å²) in [5, 5.41) is 3.15. The molecule has 120 valence electrons. The monoisotopic (exact) mass is 326 g/mol. The van der Waals surface area contributed by atoms with E-state index in [2.05, 4.69) is 46.6 Å². The molecular formula is C19H22N2OS. The first-order valence-electron chi connectivity index (χ1n) is 8.49. The Bertz CT molecular complexity index is 673. The molecule has 0 spiro atoms. The molecule has 1 aromatic carbocycles. The van der Waals surface area contributed by atoms with Gasteiger partial charge in [0.1, 0.15) is 0 Å². The summed E-state index contributed by atoms with van der Waals surface area (Å²) in [7, 11) is 0. The van der Waals surface area contributed by atoms with Crippen molar-refractivity contribution in [1.29, 1.82) is 0 Å². The summed E-state index contributed by atoms with van der Waals surface area (Å²) in [4.78, 5) is 17.1. The molecule has 3 nitrogen and oxygen atoms in total. The number of rotatable bonds is 4. The van der Waals surface area contributed by atoms with Crippen LogP contribution in [0.3, 0.4) is 0 Å². The van der Waals surface area contributed by atoms with Crippen LogP contribution in [0.1, 0.15) is 33.0 Å². The third-order valence-corrected chi connectivity index (χ3v) is 6.16. The summed E-state index contributed by atoms with van der Waals surface area (Å²) in [5.74, 6) is 0.661. The lowest BCUT2D eigenvalue weighted by molar-refractivity contribution is 0.0952. The van der Waals surface area contributed by atoms with E-state index in [-0.39, 0.29) is 5.91 Å². The minimum atomic E-state index is 0.113. The number of amides is 1. The van der Waals surface area contributed by atoms with Crippen LogP contribution in [0, 0.1) is 5.92 Å². The number of aryl methyl sites for hydroxylation is 2. The molecular weight excluding hydrogens is 304 g/mol. The second kappa shape index (κ2) is 6.36. The van der Waals surface area contributed by atoms with Crippen molar-refractivity contribution >= 4 is 22.9 Å². The molecule has 2 heterocycles. The van der Waals surface area contributed by atoms with Crippen LogP contribution in [0.25, 0.3) is 0 Å². The number of para-hydroxylation sites is 1. The lowest BCUT2D eigenvalue weighted by Gasteiger charge is -2.18. The van der Waals surface area contributed by atoms with Crippen molar-refractivity contribution in [3.8, 4) is 0 Å². The number of carbonyl (C=O) groups excluding carboxylic acids is 1. The van der Waals surface area contributed by atoms with Crippen molar-refractivity contribution in [3.63, 3.8) is 0 Å². The Labute approximate surface area is 141 Å². The van der Waals surface area contributed by atoms with Gasteiger partial charge in [-0.1, -0.05) is 18.2 Å². The van der Waals surface area contributed by atoms with Gasteiger partial charge in [-0.3, -0.25) is 4.79 Å². The highest BCUT2D eigenvalue weighted by Crippen LogP contribution is 2.30. The van der Waals surface area contributed by atoms with Gasteiger partial charge in [-0.25, -0.2) is 0 Å². The average molecular weight is 326 g/mol. The van der Waals surface area contributed by atoms with Crippen LogP contribution in [0.2, 0.25) is 0 Å². The summed E-state index contributed by atoms with van der Waals surface area (Å²) in [5.41, 5.74) is 2.69. The molecule has 0 unspecified atom stereocenters. The smallest absolute Gasteiger partial charge is 0.261 e. The fraction of sp³-hybridized carbons (Fsp3) is 0.421. The minimum absolute atomic E-state index is 0.113. The maximum Gasteiger partial charge on any atom is 0.261 e. The highest BCUT2D eigenvalue weighted by atomic mass is 32.1. The molecule has 1 atom stereocenters. The van der Waals surface area contributed by atoms with Crippen LogP contribution in [-0.2, 0) is 12.8 Å².